The fourth-order valence-corrected chi connectivity index (χ4v) is 3.45. The van der Waals surface area contributed by atoms with E-state index in [0.717, 1.165) is 12.0 Å². The van der Waals surface area contributed by atoms with Gasteiger partial charge in [-0.05, 0) is 55.7 Å². The van der Waals surface area contributed by atoms with Crippen LogP contribution in [0.25, 0.3) is 0 Å². The summed E-state index contributed by atoms with van der Waals surface area (Å²) in [5.41, 5.74) is 1.48. The standard InChI is InChI=1S/C22H24Cl4N2O2/c1-4-13(2)27-22(30)14(3)28(12-16-6-8-18(24)20(26)10-16)21(29)11-15-5-7-17(23)19(25)9-15/h5-10,13-14H,4,11-12H2,1-3H3,(H,27,30)/t13-,14+/m1/s1. The van der Waals surface area contributed by atoms with Crippen molar-refractivity contribution in [3.05, 3.63) is 67.6 Å². The molecule has 0 aliphatic carbocycles. The number of rotatable bonds is 8. The zero-order valence-corrected chi connectivity index (χ0v) is 20.0. The topological polar surface area (TPSA) is 49.4 Å². The molecule has 0 bridgehead atoms. The molecule has 0 radical (unpaired) electrons. The van der Waals surface area contributed by atoms with Gasteiger partial charge in [0, 0.05) is 12.6 Å². The van der Waals surface area contributed by atoms with E-state index in [1.54, 1.807) is 43.3 Å². The Kier molecular flexibility index (Phi) is 9.30. The summed E-state index contributed by atoms with van der Waals surface area (Å²) in [7, 11) is 0. The molecule has 162 valence electrons. The minimum Gasteiger partial charge on any atom is -0.352 e. The van der Waals surface area contributed by atoms with E-state index in [0.29, 0.717) is 25.7 Å². The molecule has 1 N–H and O–H groups in total. The van der Waals surface area contributed by atoms with Crippen molar-refractivity contribution in [1.82, 2.24) is 10.2 Å². The first kappa shape index (κ1) is 24.8. The van der Waals surface area contributed by atoms with Gasteiger partial charge < -0.3 is 10.2 Å². The van der Waals surface area contributed by atoms with Crippen LogP contribution in [0, 0.1) is 0 Å². The Morgan fingerprint density at radius 1 is 0.900 bits per heavy atom. The summed E-state index contributed by atoms with van der Waals surface area (Å²) in [4.78, 5) is 27.4. The molecule has 0 aromatic heterocycles. The number of benzene rings is 2. The van der Waals surface area contributed by atoms with E-state index >= 15 is 0 Å². The number of nitrogens with one attached hydrogen (secondary N) is 1. The minimum atomic E-state index is -0.677. The van der Waals surface area contributed by atoms with Crippen LogP contribution in [0.4, 0.5) is 0 Å². The third-order valence-electron chi connectivity index (χ3n) is 4.84. The van der Waals surface area contributed by atoms with Gasteiger partial charge in [-0.15, -0.1) is 0 Å². The van der Waals surface area contributed by atoms with Crippen molar-refractivity contribution >= 4 is 58.2 Å². The molecule has 0 spiro atoms. The molecular formula is C22H24Cl4N2O2. The molecule has 0 unspecified atom stereocenters. The molecule has 2 atom stereocenters. The maximum Gasteiger partial charge on any atom is 0.242 e. The maximum atomic E-state index is 13.2. The SMILES string of the molecule is CC[C@@H](C)NC(=O)[C@H](C)N(Cc1ccc(Cl)c(Cl)c1)C(=O)Cc1ccc(Cl)c(Cl)c1. The smallest absolute Gasteiger partial charge is 0.242 e. The second kappa shape index (κ2) is 11.2. The Bertz CT molecular complexity index is 920. The van der Waals surface area contributed by atoms with Gasteiger partial charge in [0.25, 0.3) is 0 Å². The van der Waals surface area contributed by atoms with E-state index in [1.807, 2.05) is 13.8 Å². The molecule has 0 heterocycles. The van der Waals surface area contributed by atoms with Gasteiger partial charge in [0.1, 0.15) is 6.04 Å². The summed E-state index contributed by atoms with van der Waals surface area (Å²) >= 11 is 24.2. The predicted octanol–water partition coefficient (Wildman–Crippen LogP) is 6.17. The number of carbonyl (C=O) groups is 2. The Hall–Kier alpha value is -1.46. The summed E-state index contributed by atoms with van der Waals surface area (Å²) in [6, 6.07) is 9.53. The van der Waals surface area contributed by atoms with Gasteiger partial charge in [-0.1, -0.05) is 65.5 Å². The molecule has 4 nitrogen and oxygen atoms in total. The second-order valence-electron chi connectivity index (χ2n) is 7.19. The van der Waals surface area contributed by atoms with E-state index in [9.17, 15) is 9.59 Å². The average Bonchev–Trinajstić information content (AvgIpc) is 2.70. The molecule has 0 saturated carbocycles. The van der Waals surface area contributed by atoms with Crippen LogP contribution in [0.3, 0.4) is 0 Å². The molecule has 0 saturated heterocycles. The van der Waals surface area contributed by atoms with Crippen LogP contribution in [0.5, 0.6) is 0 Å². The largest absolute Gasteiger partial charge is 0.352 e. The van der Waals surface area contributed by atoms with Gasteiger partial charge in [0.15, 0.2) is 0 Å². The van der Waals surface area contributed by atoms with Gasteiger partial charge in [0.2, 0.25) is 11.8 Å². The van der Waals surface area contributed by atoms with Crippen molar-refractivity contribution < 1.29 is 9.59 Å². The lowest BCUT2D eigenvalue weighted by molar-refractivity contribution is -0.140. The number of hydrogen-bond acceptors (Lipinski definition) is 2. The van der Waals surface area contributed by atoms with Crippen LogP contribution in [0.15, 0.2) is 36.4 Å². The zero-order chi connectivity index (χ0) is 22.4. The number of hydrogen-bond donors (Lipinski definition) is 1. The quantitative estimate of drug-likeness (QED) is 0.481. The summed E-state index contributed by atoms with van der Waals surface area (Å²) in [6.45, 7) is 5.83. The first-order chi connectivity index (χ1) is 14.1. The third-order valence-corrected chi connectivity index (χ3v) is 6.32. The summed E-state index contributed by atoms with van der Waals surface area (Å²) in [6.07, 6.45) is 0.877. The van der Waals surface area contributed by atoms with Gasteiger partial charge >= 0.3 is 0 Å². The van der Waals surface area contributed by atoms with Crippen LogP contribution in [-0.2, 0) is 22.6 Å². The highest BCUT2D eigenvalue weighted by atomic mass is 35.5. The Morgan fingerprint density at radius 3 is 1.97 bits per heavy atom. The van der Waals surface area contributed by atoms with Gasteiger partial charge in [-0.2, -0.15) is 0 Å². The highest BCUT2D eigenvalue weighted by molar-refractivity contribution is 6.42. The van der Waals surface area contributed by atoms with Crippen molar-refractivity contribution in [2.24, 2.45) is 0 Å². The minimum absolute atomic E-state index is 0.0111. The van der Waals surface area contributed by atoms with Crippen LogP contribution in [-0.4, -0.2) is 28.8 Å². The second-order valence-corrected chi connectivity index (χ2v) is 8.82. The molecule has 30 heavy (non-hydrogen) atoms. The Morgan fingerprint density at radius 2 is 1.43 bits per heavy atom. The van der Waals surface area contributed by atoms with Gasteiger partial charge in [-0.25, -0.2) is 0 Å². The normalized spacial score (nSPS) is 12.9. The number of nitrogens with zero attached hydrogens (tertiary/aromatic N) is 1. The zero-order valence-electron chi connectivity index (χ0n) is 17.0. The lowest BCUT2D eigenvalue weighted by Gasteiger charge is -2.30. The van der Waals surface area contributed by atoms with Crippen LogP contribution in [0.2, 0.25) is 20.1 Å². The lowest BCUT2D eigenvalue weighted by atomic mass is 10.1. The molecule has 2 aromatic carbocycles. The summed E-state index contributed by atoms with van der Waals surface area (Å²) < 4.78 is 0. The molecule has 2 aromatic rings. The first-order valence-corrected chi connectivity index (χ1v) is 11.1. The maximum absolute atomic E-state index is 13.2. The predicted molar refractivity (Wildman–Crippen MR) is 125 cm³/mol. The number of halogens is 4. The van der Waals surface area contributed by atoms with Crippen LogP contribution < -0.4 is 5.32 Å². The highest BCUT2D eigenvalue weighted by Crippen LogP contribution is 2.25. The van der Waals surface area contributed by atoms with Crippen molar-refractivity contribution in [2.75, 3.05) is 0 Å². The average molecular weight is 490 g/mol. The molecule has 0 fully saturated rings. The monoisotopic (exact) mass is 488 g/mol. The fraction of sp³-hybridized carbons (Fsp3) is 0.364. The Balaban J connectivity index is 2.28. The van der Waals surface area contributed by atoms with E-state index in [2.05, 4.69) is 5.32 Å². The summed E-state index contributed by atoms with van der Waals surface area (Å²) in [5.74, 6) is -0.432. The summed E-state index contributed by atoms with van der Waals surface area (Å²) in [5, 5.41) is 4.55. The van der Waals surface area contributed by atoms with Gasteiger partial charge in [0.05, 0.1) is 26.5 Å². The van der Waals surface area contributed by atoms with E-state index < -0.39 is 6.04 Å². The Labute approximate surface area is 197 Å². The number of carbonyl (C=O) groups excluding carboxylic acids is 2. The van der Waals surface area contributed by atoms with E-state index in [4.69, 9.17) is 46.4 Å². The van der Waals surface area contributed by atoms with Crippen molar-refractivity contribution in [1.29, 1.82) is 0 Å². The van der Waals surface area contributed by atoms with Gasteiger partial charge in [-0.3, -0.25) is 9.59 Å². The van der Waals surface area contributed by atoms with E-state index in [1.165, 1.54) is 4.90 Å². The molecular weight excluding hydrogens is 466 g/mol. The molecule has 2 rings (SSSR count). The van der Waals surface area contributed by atoms with E-state index in [-0.39, 0.29) is 30.8 Å². The highest BCUT2D eigenvalue weighted by Gasteiger charge is 2.27. The molecule has 2 amide bonds. The first-order valence-electron chi connectivity index (χ1n) is 9.60. The molecule has 0 aliphatic heterocycles. The fourth-order valence-electron chi connectivity index (χ4n) is 2.81. The van der Waals surface area contributed by atoms with Crippen LogP contribution >= 0.6 is 46.4 Å². The van der Waals surface area contributed by atoms with Crippen molar-refractivity contribution in [2.45, 2.75) is 52.2 Å². The van der Waals surface area contributed by atoms with Crippen molar-refractivity contribution in [3.8, 4) is 0 Å². The van der Waals surface area contributed by atoms with Crippen LogP contribution in [0.1, 0.15) is 38.3 Å². The third kappa shape index (κ3) is 6.78. The molecule has 0 aliphatic rings. The van der Waals surface area contributed by atoms with Crippen molar-refractivity contribution in [3.63, 3.8) is 0 Å². The number of amides is 2. The molecule has 8 heteroatoms. The lowest BCUT2D eigenvalue weighted by Crippen LogP contribution is -2.49.